The van der Waals surface area contributed by atoms with Gasteiger partial charge in [0.15, 0.2) is 0 Å². The number of rotatable bonds is 8. The van der Waals surface area contributed by atoms with Crippen LogP contribution in [0.1, 0.15) is 5.56 Å². The third-order valence-corrected chi connectivity index (χ3v) is 6.50. The largest absolute Gasteiger partial charge is 0.497 e. The van der Waals surface area contributed by atoms with Gasteiger partial charge >= 0.3 is 0 Å². The molecule has 31 heavy (non-hydrogen) atoms. The topological polar surface area (TPSA) is 133 Å². The Kier molecular flexibility index (Phi) is 7.05. The molecule has 12 heteroatoms. The summed E-state index contributed by atoms with van der Waals surface area (Å²) in [5.41, 5.74) is 2.85. The summed E-state index contributed by atoms with van der Waals surface area (Å²) in [6.07, 6.45) is 1.43. The smallest absolute Gasteiger partial charge is 0.295 e. The van der Waals surface area contributed by atoms with Gasteiger partial charge in [0, 0.05) is 30.8 Å². The minimum absolute atomic E-state index is 0.0506. The van der Waals surface area contributed by atoms with Crippen LogP contribution in [-0.4, -0.2) is 64.4 Å². The van der Waals surface area contributed by atoms with Gasteiger partial charge in [-0.15, -0.1) is 0 Å². The molecule has 1 fully saturated rings. The highest BCUT2D eigenvalue weighted by molar-refractivity contribution is 7.89. The van der Waals surface area contributed by atoms with Gasteiger partial charge in [0.25, 0.3) is 5.69 Å². The summed E-state index contributed by atoms with van der Waals surface area (Å²) < 4.78 is 42.4. The molecule has 0 amide bonds. The van der Waals surface area contributed by atoms with Gasteiger partial charge < -0.3 is 14.2 Å². The molecule has 0 spiro atoms. The van der Waals surface area contributed by atoms with E-state index in [2.05, 4.69) is 10.5 Å². The van der Waals surface area contributed by atoms with E-state index < -0.39 is 20.6 Å². The van der Waals surface area contributed by atoms with E-state index in [9.17, 15) is 18.5 Å². The van der Waals surface area contributed by atoms with Crippen molar-refractivity contribution in [3.05, 3.63) is 52.1 Å². The summed E-state index contributed by atoms with van der Waals surface area (Å²) in [5.74, 6) is 1.11. The Morgan fingerprint density at radius 1 is 1.16 bits per heavy atom. The number of nitro benzene ring substituents is 1. The van der Waals surface area contributed by atoms with Crippen LogP contribution >= 0.6 is 0 Å². The quantitative estimate of drug-likeness (QED) is 0.367. The van der Waals surface area contributed by atoms with Crippen LogP contribution in [0, 0.1) is 10.1 Å². The Hall–Kier alpha value is -3.22. The molecule has 2 aromatic carbocycles. The first-order valence-corrected chi connectivity index (χ1v) is 10.7. The number of morpholine rings is 1. The lowest BCUT2D eigenvalue weighted by Crippen LogP contribution is -2.40. The predicted octanol–water partition coefficient (Wildman–Crippen LogP) is 2.08. The maximum atomic E-state index is 12.8. The maximum Gasteiger partial charge on any atom is 0.295 e. The van der Waals surface area contributed by atoms with Crippen molar-refractivity contribution in [3.63, 3.8) is 0 Å². The fourth-order valence-corrected chi connectivity index (χ4v) is 4.38. The van der Waals surface area contributed by atoms with E-state index in [4.69, 9.17) is 14.2 Å². The van der Waals surface area contributed by atoms with Crippen molar-refractivity contribution in [2.24, 2.45) is 5.10 Å². The summed E-state index contributed by atoms with van der Waals surface area (Å²) >= 11 is 0. The molecule has 0 saturated carbocycles. The van der Waals surface area contributed by atoms with E-state index in [0.29, 0.717) is 17.1 Å². The average Bonchev–Trinajstić information content (AvgIpc) is 2.79. The number of hydrogen-bond acceptors (Lipinski definition) is 9. The van der Waals surface area contributed by atoms with Gasteiger partial charge in [0.05, 0.1) is 43.5 Å². The van der Waals surface area contributed by atoms with Crippen LogP contribution in [0.5, 0.6) is 11.5 Å². The van der Waals surface area contributed by atoms with Crippen molar-refractivity contribution >= 4 is 27.6 Å². The van der Waals surface area contributed by atoms with Gasteiger partial charge in [0.1, 0.15) is 17.2 Å². The maximum absolute atomic E-state index is 12.8. The molecule has 0 aliphatic carbocycles. The van der Waals surface area contributed by atoms with Gasteiger partial charge in [-0.1, -0.05) is 0 Å². The van der Waals surface area contributed by atoms with E-state index in [1.165, 1.54) is 36.9 Å². The van der Waals surface area contributed by atoms with Gasteiger partial charge in [-0.05, 0) is 24.3 Å². The van der Waals surface area contributed by atoms with E-state index in [-0.39, 0.29) is 36.9 Å². The number of methoxy groups -OCH3 is 2. The first kappa shape index (κ1) is 22.5. The highest BCUT2D eigenvalue weighted by Crippen LogP contribution is 2.29. The van der Waals surface area contributed by atoms with E-state index in [1.54, 1.807) is 18.2 Å². The van der Waals surface area contributed by atoms with Crippen molar-refractivity contribution < 1.29 is 27.6 Å². The minimum Gasteiger partial charge on any atom is -0.497 e. The molecule has 0 aromatic heterocycles. The van der Waals surface area contributed by atoms with E-state index in [0.717, 1.165) is 6.07 Å². The molecule has 0 unspecified atom stereocenters. The molecular weight excluding hydrogens is 428 g/mol. The molecule has 1 N–H and O–H groups in total. The Bertz CT molecular complexity index is 1080. The summed E-state index contributed by atoms with van der Waals surface area (Å²) in [6, 6.07) is 8.76. The Morgan fingerprint density at radius 2 is 1.90 bits per heavy atom. The third-order valence-electron chi connectivity index (χ3n) is 4.60. The number of ether oxygens (including phenoxy) is 3. The molecule has 0 atom stereocenters. The lowest BCUT2D eigenvalue weighted by molar-refractivity contribution is -0.384. The summed E-state index contributed by atoms with van der Waals surface area (Å²) in [4.78, 5) is 10.7. The number of hydrogen-bond donors (Lipinski definition) is 1. The zero-order valence-corrected chi connectivity index (χ0v) is 17.8. The van der Waals surface area contributed by atoms with Crippen LogP contribution in [0.25, 0.3) is 0 Å². The minimum atomic E-state index is -3.86. The Morgan fingerprint density at radius 3 is 2.55 bits per heavy atom. The van der Waals surface area contributed by atoms with Crippen molar-refractivity contribution in [1.82, 2.24) is 4.31 Å². The monoisotopic (exact) mass is 450 g/mol. The first-order chi connectivity index (χ1) is 14.9. The molecule has 0 radical (unpaired) electrons. The summed E-state index contributed by atoms with van der Waals surface area (Å²) in [6.45, 7) is 0.962. The van der Waals surface area contributed by atoms with Crippen LogP contribution in [-0.2, 0) is 14.8 Å². The lowest BCUT2D eigenvalue weighted by atomic mass is 10.2. The van der Waals surface area contributed by atoms with Crippen molar-refractivity contribution in [2.45, 2.75) is 4.90 Å². The van der Waals surface area contributed by atoms with Crippen molar-refractivity contribution in [1.29, 1.82) is 0 Å². The molecule has 2 aromatic rings. The second-order valence-corrected chi connectivity index (χ2v) is 8.37. The van der Waals surface area contributed by atoms with E-state index in [1.807, 2.05) is 0 Å². The predicted molar refractivity (Wildman–Crippen MR) is 113 cm³/mol. The number of hydrazone groups is 1. The van der Waals surface area contributed by atoms with E-state index >= 15 is 0 Å². The van der Waals surface area contributed by atoms with Crippen molar-refractivity contribution in [2.75, 3.05) is 45.9 Å². The Balaban J connectivity index is 1.84. The zero-order valence-electron chi connectivity index (χ0n) is 17.0. The van der Waals surface area contributed by atoms with Crippen LogP contribution < -0.4 is 14.9 Å². The lowest BCUT2D eigenvalue weighted by Gasteiger charge is -2.26. The summed E-state index contributed by atoms with van der Waals surface area (Å²) in [7, 11) is -0.828. The number of sulfonamides is 1. The molecule has 0 bridgehead atoms. The van der Waals surface area contributed by atoms with Gasteiger partial charge in [-0.25, -0.2) is 8.42 Å². The molecule has 1 aliphatic heterocycles. The number of nitrogens with zero attached hydrogens (tertiary/aromatic N) is 3. The second kappa shape index (κ2) is 9.73. The molecule has 3 rings (SSSR count). The fraction of sp³-hybridized carbons (Fsp3) is 0.316. The second-order valence-electron chi connectivity index (χ2n) is 6.43. The normalized spacial score (nSPS) is 15.0. The molecule has 1 aliphatic rings. The third kappa shape index (κ3) is 5.10. The molecule has 1 heterocycles. The number of anilines is 1. The zero-order chi connectivity index (χ0) is 22.4. The standard InChI is InChI=1S/C19H22N4O7S/c1-28-15-4-3-14(19(11-15)29-2)13-20-21-17-6-5-16(12-18(17)23(24)25)31(26,27)22-7-9-30-10-8-22/h3-6,11-13,21H,7-10H2,1-2H3. The SMILES string of the molecule is COc1ccc(C=NNc2ccc(S(=O)(=O)N3CCOCC3)cc2[N+](=O)[O-])c(OC)c1. The van der Waals surface area contributed by atoms with Crippen LogP contribution in [0.3, 0.4) is 0 Å². The molecule has 166 valence electrons. The first-order valence-electron chi connectivity index (χ1n) is 9.24. The van der Waals surface area contributed by atoms with Crippen LogP contribution in [0.15, 0.2) is 46.4 Å². The number of nitro groups is 1. The van der Waals surface area contributed by atoms with Gasteiger partial charge in [0.2, 0.25) is 10.0 Å². The van der Waals surface area contributed by atoms with Gasteiger partial charge in [-0.2, -0.15) is 9.41 Å². The molecule has 1 saturated heterocycles. The number of nitrogens with one attached hydrogen (secondary N) is 1. The Labute approximate surface area is 179 Å². The van der Waals surface area contributed by atoms with Gasteiger partial charge in [-0.3, -0.25) is 15.5 Å². The van der Waals surface area contributed by atoms with Crippen LogP contribution in [0.2, 0.25) is 0 Å². The number of benzene rings is 2. The molecular formula is C19H22N4O7S. The summed E-state index contributed by atoms with van der Waals surface area (Å²) in [5, 5.41) is 15.6. The fourth-order valence-electron chi connectivity index (χ4n) is 2.95. The van der Waals surface area contributed by atoms with Crippen LogP contribution in [0.4, 0.5) is 11.4 Å². The highest BCUT2D eigenvalue weighted by Gasteiger charge is 2.28. The van der Waals surface area contributed by atoms with Crippen molar-refractivity contribution in [3.8, 4) is 11.5 Å². The highest BCUT2D eigenvalue weighted by atomic mass is 32.2. The average molecular weight is 450 g/mol. The molecule has 11 nitrogen and oxygen atoms in total.